The van der Waals surface area contributed by atoms with Gasteiger partial charge >= 0.3 is 0 Å². The zero-order valence-electron chi connectivity index (χ0n) is 13.8. The average Bonchev–Trinajstić information content (AvgIpc) is 3.37. The molecule has 0 amide bonds. The SMILES string of the molecule is O=C1CCC2=C1C(c1ccc3c(c1)OCO3)c1cc3c(cc1N2)OCO3. The van der Waals surface area contributed by atoms with Crippen molar-refractivity contribution >= 4 is 11.5 Å². The molecule has 4 aliphatic rings. The summed E-state index contributed by atoms with van der Waals surface area (Å²) in [5, 5.41) is 3.44. The molecule has 6 rings (SSSR count). The van der Waals surface area contributed by atoms with Crippen molar-refractivity contribution in [1.29, 1.82) is 0 Å². The lowest BCUT2D eigenvalue weighted by Gasteiger charge is -2.29. The van der Waals surface area contributed by atoms with Crippen molar-refractivity contribution in [2.45, 2.75) is 18.8 Å². The van der Waals surface area contributed by atoms with Crippen LogP contribution in [0.5, 0.6) is 23.0 Å². The van der Waals surface area contributed by atoms with E-state index in [1.54, 1.807) is 0 Å². The van der Waals surface area contributed by atoms with Gasteiger partial charge < -0.3 is 24.3 Å². The molecular formula is C20H15NO5. The normalized spacial score (nSPS) is 21.5. The van der Waals surface area contributed by atoms with Crippen molar-refractivity contribution in [3.05, 3.63) is 52.7 Å². The van der Waals surface area contributed by atoms with Gasteiger partial charge in [-0.15, -0.1) is 0 Å². The fraction of sp³-hybridized carbons (Fsp3) is 0.250. The Morgan fingerprint density at radius 3 is 2.42 bits per heavy atom. The van der Waals surface area contributed by atoms with Gasteiger partial charge in [-0.2, -0.15) is 0 Å². The Labute approximate surface area is 149 Å². The number of rotatable bonds is 1. The minimum Gasteiger partial charge on any atom is -0.454 e. The van der Waals surface area contributed by atoms with Gasteiger partial charge in [0.1, 0.15) is 0 Å². The lowest BCUT2D eigenvalue weighted by Crippen LogP contribution is -2.19. The Morgan fingerprint density at radius 1 is 0.846 bits per heavy atom. The standard InChI is InChI=1S/C20H15NO5/c22-14-3-2-12-20(14)19(10-1-4-15-16(5-10)24-8-23-15)11-6-17-18(26-9-25-17)7-13(11)21-12/h1,4-7,19,21H,2-3,8-9H2. The molecule has 6 nitrogen and oxygen atoms in total. The number of ether oxygens (including phenoxy) is 4. The number of carbonyl (C=O) groups excluding carboxylic acids is 1. The van der Waals surface area contributed by atoms with Gasteiger partial charge in [0, 0.05) is 35.4 Å². The summed E-state index contributed by atoms with van der Waals surface area (Å²) in [5.74, 6) is 2.94. The molecule has 2 aromatic carbocycles. The molecule has 1 atom stereocenters. The highest BCUT2D eigenvalue weighted by molar-refractivity contribution is 6.03. The number of fused-ring (bicyclic) bond motifs is 3. The molecule has 6 heteroatoms. The molecule has 0 aromatic heterocycles. The van der Waals surface area contributed by atoms with Crippen molar-refractivity contribution in [2.24, 2.45) is 0 Å². The van der Waals surface area contributed by atoms with Crippen LogP contribution >= 0.6 is 0 Å². The van der Waals surface area contributed by atoms with E-state index in [0.717, 1.165) is 51.8 Å². The summed E-state index contributed by atoms with van der Waals surface area (Å²) >= 11 is 0. The van der Waals surface area contributed by atoms with E-state index in [2.05, 4.69) is 5.32 Å². The first-order valence-corrected chi connectivity index (χ1v) is 8.64. The summed E-state index contributed by atoms with van der Waals surface area (Å²) in [5.41, 5.74) is 4.84. The zero-order valence-corrected chi connectivity index (χ0v) is 13.8. The van der Waals surface area contributed by atoms with E-state index in [1.165, 1.54) is 0 Å². The van der Waals surface area contributed by atoms with Crippen molar-refractivity contribution in [1.82, 2.24) is 0 Å². The molecule has 0 fully saturated rings. The molecular weight excluding hydrogens is 334 g/mol. The van der Waals surface area contributed by atoms with Crippen LogP contribution in [0.1, 0.15) is 29.9 Å². The summed E-state index contributed by atoms with van der Waals surface area (Å²) in [6.07, 6.45) is 1.28. The maximum absolute atomic E-state index is 12.7. The number of hydrogen-bond acceptors (Lipinski definition) is 6. The lowest BCUT2D eigenvalue weighted by molar-refractivity contribution is -0.115. The number of Topliss-reactive ketones (excluding diaryl/α,β-unsaturated/α-hetero) is 1. The molecule has 0 bridgehead atoms. The summed E-state index contributed by atoms with van der Waals surface area (Å²) in [7, 11) is 0. The van der Waals surface area contributed by atoms with E-state index < -0.39 is 0 Å². The van der Waals surface area contributed by atoms with E-state index in [4.69, 9.17) is 18.9 Å². The molecule has 3 aliphatic heterocycles. The van der Waals surface area contributed by atoms with Crippen LogP contribution in [-0.2, 0) is 4.79 Å². The van der Waals surface area contributed by atoms with Crippen molar-refractivity contribution in [2.75, 3.05) is 18.9 Å². The first-order valence-electron chi connectivity index (χ1n) is 8.64. The number of allylic oxidation sites excluding steroid dienone is 2. The van der Waals surface area contributed by atoms with Crippen LogP contribution in [0, 0.1) is 0 Å². The summed E-state index contributed by atoms with van der Waals surface area (Å²) < 4.78 is 22.1. The molecule has 130 valence electrons. The number of benzene rings is 2. The largest absolute Gasteiger partial charge is 0.454 e. The van der Waals surface area contributed by atoms with Crippen molar-refractivity contribution in [3.8, 4) is 23.0 Å². The topological polar surface area (TPSA) is 66.0 Å². The summed E-state index contributed by atoms with van der Waals surface area (Å²) in [4.78, 5) is 12.7. The second-order valence-electron chi connectivity index (χ2n) is 6.78. The van der Waals surface area contributed by atoms with Crippen LogP contribution in [-0.4, -0.2) is 19.4 Å². The third-order valence-corrected chi connectivity index (χ3v) is 5.39. The molecule has 1 N–H and O–H groups in total. The van der Waals surface area contributed by atoms with Crippen LogP contribution in [0.3, 0.4) is 0 Å². The highest BCUT2D eigenvalue weighted by Gasteiger charge is 2.38. The maximum Gasteiger partial charge on any atom is 0.231 e. The van der Waals surface area contributed by atoms with E-state index >= 15 is 0 Å². The Morgan fingerprint density at radius 2 is 1.58 bits per heavy atom. The third kappa shape index (κ3) is 1.84. The Hall–Kier alpha value is -3.15. The number of carbonyl (C=O) groups is 1. The first kappa shape index (κ1) is 14.1. The van der Waals surface area contributed by atoms with Gasteiger partial charge in [-0.05, 0) is 35.7 Å². The van der Waals surface area contributed by atoms with Gasteiger partial charge in [-0.3, -0.25) is 4.79 Å². The second-order valence-corrected chi connectivity index (χ2v) is 6.78. The average molecular weight is 349 g/mol. The van der Waals surface area contributed by atoms with E-state index in [1.807, 2.05) is 30.3 Å². The van der Waals surface area contributed by atoms with Crippen LogP contribution < -0.4 is 24.3 Å². The minimum absolute atomic E-state index is 0.153. The van der Waals surface area contributed by atoms with E-state index in [9.17, 15) is 4.79 Å². The molecule has 0 saturated heterocycles. The molecule has 3 heterocycles. The fourth-order valence-electron chi connectivity index (χ4n) is 4.20. The Kier molecular flexibility index (Phi) is 2.67. The smallest absolute Gasteiger partial charge is 0.231 e. The van der Waals surface area contributed by atoms with E-state index in [0.29, 0.717) is 12.2 Å². The van der Waals surface area contributed by atoms with Gasteiger partial charge in [0.25, 0.3) is 0 Å². The van der Waals surface area contributed by atoms with Crippen LogP contribution in [0.4, 0.5) is 5.69 Å². The predicted molar refractivity (Wildman–Crippen MR) is 91.9 cm³/mol. The Balaban J connectivity index is 1.57. The molecule has 26 heavy (non-hydrogen) atoms. The molecule has 2 aromatic rings. The van der Waals surface area contributed by atoms with E-state index in [-0.39, 0.29) is 25.3 Å². The van der Waals surface area contributed by atoms with Gasteiger partial charge in [-0.1, -0.05) is 6.07 Å². The predicted octanol–water partition coefficient (Wildman–Crippen LogP) is 3.32. The lowest BCUT2D eigenvalue weighted by atomic mass is 9.80. The van der Waals surface area contributed by atoms with Crippen LogP contribution in [0.25, 0.3) is 0 Å². The third-order valence-electron chi connectivity index (χ3n) is 5.39. The maximum atomic E-state index is 12.7. The number of nitrogens with one attached hydrogen (secondary N) is 1. The molecule has 1 aliphatic carbocycles. The van der Waals surface area contributed by atoms with Gasteiger partial charge in [0.2, 0.25) is 13.6 Å². The molecule has 0 radical (unpaired) electrons. The highest BCUT2D eigenvalue weighted by atomic mass is 16.7. The van der Waals surface area contributed by atoms with Gasteiger partial charge in [0.15, 0.2) is 28.8 Å². The number of ketones is 1. The summed E-state index contributed by atoms with van der Waals surface area (Å²) in [6, 6.07) is 9.84. The molecule has 0 saturated carbocycles. The first-order chi connectivity index (χ1) is 12.8. The minimum atomic E-state index is -0.153. The van der Waals surface area contributed by atoms with Gasteiger partial charge in [0.05, 0.1) is 0 Å². The number of hydrogen-bond donors (Lipinski definition) is 1. The Bertz CT molecular complexity index is 1010. The quantitative estimate of drug-likeness (QED) is 0.852. The fourth-order valence-corrected chi connectivity index (χ4v) is 4.20. The monoisotopic (exact) mass is 349 g/mol. The highest BCUT2D eigenvalue weighted by Crippen LogP contribution is 2.51. The second kappa shape index (κ2) is 4.94. The zero-order chi connectivity index (χ0) is 17.3. The van der Waals surface area contributed by atoms with Crippen molar-refractivity contribution < 1.29 is 23.7 Å². The molecule has 1 unspecified atom stereocenters. The number of anilines is 1. The van der Waals surface area contributed by atoms with Gasteiger partial charge in [-0.25, -0.2) is 0 Å². The van der Waals surface area contributed by atoms with Crippen LogP contribution in [0.15, 0.2) is 41.6 Å². The summed E-state index contributed by atoms with van der Waals surface area (Å²) in [6.45, 7) is 0.451. The molecule has 0 spiro atoms. The van der Waals surface area contributed by atoms with Crippen molar-refractivity contribution in [3.63, 3.8) is 0 Å². The van der Waals surface area contributed by atoms with Crippen LogP contribution in [0.2, 0.25) is 0 Å².